The predicted octanol–water partition coefficient (Wildman–Crippen LogP) is 3.08. The minimum atomic E-state index is -1.04. The maximum Gasteiger partial charge on any atom is 0.308 e. The number of hydrogen-bond donors (Lipinski definition) is 1. The summed E-state index contributed by atoms with van der Waals surface area (Å²) in [6.45, 7) is 1.17. The number of methoxy groups -OCH3 is 1. The van der Waals surface area contributed by atoms with Gasteiger partial charge >= 0.3 is 5.97 Å². The molecule has 1 atom stereocenters. The second-order valence-electron chi connectivity index (χ2n) is 8.61. The Balaban J connectivity index is 1.64. The Bertz CT molecular complexity index is 1020. The SMILES string of the molecule is COC(=O)C1CCN(c2nc3ccccc3nc2[C@H](C#N)C(=O)NC2CCCCC2)CC1. The van der Waals surface area contributed by atoms with Gasteiger partial charge in [0.2, 0.25) is 5.91 Å². The van der Waals surface area contributed by atoms with E-state index in [2.05, 4.69) is 11.4 Å². The van der Waals surface area contributed by atoms with E-state index >= 15 is 0 Å². The van der Waals surface area contributed by atoms with E-state index < -0.39 is 5.92 Å². The van der Waals surface area contributed by atoms with Crippen LogP contribution in [0.2, 0.25) is 0 Å². The van der Waals surface area contributed by atoms with Crippen molar-refractivity contribution in [2.45, 2.75) is 56.9 Å². The molecular formula is C24H29N5O3. The summed E-state index contributed by atoms with van der Waals surface area (Å²) in [5.41, 5.74) is 1.75. The molecule has 4 rings (SSSR count). The van der Waals surface area contributed by atoms with Crippen molar-refractivity contribution in [2.24, 2.45) is 5.92 Å². The molecule has 8 nitrogen and oxygen atoms in total. The molecule has 1 aliphatic heterocycles. The Morgan fingerprint density at radius 1 is 1.09 bits per heavy atom. The van der Waals surface area contributed by atoms with Crippen molar-refractivity contribution >= 4 is 28.7 Å². The molecule has 1 aromatic carbocycles. The summed E-state index contributed by atoms with van der Waals surface area (Å²) in [7, 11) is 1.41. The van der Waals surface area contributed by atoms with E-state index in [4.69, 9.17) is 14.7 Å². The molecule has 32 heavy (non-hydrogen) atoms. The molecule has 2 fully saturated rings. The van der Waals surface area contributed by atoms with Gasteiger partial charge in [-0.05, 0) is 37.8 Å². The first-order chi connectivity index (χ1) is 15.6. The number of benzene rings is 1. The molecule has 1 aromatic heterocycles. The van der Waals surface area contributed by atoms with Gasteiger partial charge in [0.25, 0.3) is 0 Å². The Kier molecular flexibility index (Phi) is 6.84. The molecule has 1 N–H and O–H groups in total. The summed E-state index contributed by atoms with van der Waals surface area (Å²) in [4.78, 5) is 36.6. The number of ether oxygens (including phenoxy) is 1. The number of fused-ring (bicyclic) bond motifs is 1. The third-order valence-electron chi connectivity index (χ3n) is 6.52. The molecule has 8 heteroatoms. The van der Waals surface area contributed by atoms with Crippen molar-refractivity contribution in [1.82, 2.24) is 15.3 Å². The van der Waals surface area contributed by atoms with E-state index in [1.165, 1.54) is 13.5 Å². The van der Waals surface area contributed by atoms with Crippen molar-refractivity contribution in [3.05, 3.63) is 30.0 Å². The minimum Gasteiger partial charge on any atom is -0.469 e. The van der Waals surface area contributed by atoms with Crippen molar-refractivity contribution < 1.29 is 14.3 Å². The van der Waals surface area contributed by atoms with Crippen LogP contribution in [0, 0.1) is 17.2 Å². The van der Waals surface area contributed by atoms with E-state index in [9.17, 15) is 14.9 Å². The highest BCUT2D eigenvalue weighted by Crippen LogP contribution is 2.31. The fourth-order valence-electron chi connectivity index (χ4n) is 4.70. The van der Waals surface area contributed by atoms with E-state index in [0.717, 1.165) is 25.7 Å². The van der Waals surface area contributed by atoms with Crippen LogP contribution in [0.5, 0.6) is 0 Å². The maximum atomic E-state index is 13.1. The molecule has 1 saturated carbocycles. The van der Waals surface area contributed by atoms with Crippen LogP contribution in [-0.4, -0.2) is 48.1 Å². The normalized spacial score (nSPS) is 18.7. The van der Waals surface area contributed by atoms with Crippen LogP contribution in [-0.2, 0) is 14.3 Å². The molecule has 2 heterocycles. The first kappa shape index (κ1) is 22.0. The van der Waals surface area contributed by atoms with Gasteiger partial charge in [0, 0.05) is 19.1 Å². The topological polar surface area (TPSA) is 108 Å². The van der Waals surface area contributed by atoms with Gasteiger partial charge in [-0.2, -0.15) is 5.26 Å². The van der Waals surface area contributed by atoms with E-state index in [0.29, 0.717) is 48.5 Å². The summed E-state index contributed by atoms with van der Waals surface area (Å²) in [6, 6.07) is 9.76. The van der Waals surface area contributed by atoms with Gasteiger partial charge < -0.3 is 15.0 Å². The lowest BCUT2D eigenvalue weighted by molar-refractivity contribution is -0.146. The summed E-state index contributed by atoms with van der Waals surface area (Å²) in [6.07, 6.45) is 6.53. The van der Waals surface area contributed by atoms with Crippen LogP contribution in [0.4, 0.5) is 5.82 Å². The third kappa shape index (κ3) is 4.67. The standard InChI is InChI=1S/C24H29N5O3/c1-32-24(31)16-11-13-29(14-12-16)22-21(27-19-9-5-6-10-20(19)28-22)18(15-25)23(30)26-17-7-3-2-4-8-17/h5-6,9-10,16-18H,2-4,7-8,11-14H2,1H3,(H,26,30)/t18-/m0/s1. The van der Waals surface area contributed by atoms with Crippen LogP contribution in [0.25, 0.3) is 11.0 Å². The number of nitrogens with one attached hydrogen (secondary N) is 1. The monoisotopic (exact) mass is 435 g/mol. The number of esters is 1. The number of piperidine rings is 1. The van der Waals surface area contributed by atoms with E-state index in [1.54, 1.807) is 0 Å². The molecule has 1 aliphatic carbocycles. The van der Waals surface area contributed by atoms with Crippen LogP contribution in [0.15, 0.2) is 24.3 Å². The number of nitriles is 1. The fraction of sp³-hybridized carbons (Fsp3) is 0.542. The highest BCUT2D eigenvalue weighted by Gasteiger charge is 2.33. The third-order valence-corrected chi connectivity index (χ3v) is 6.52. The lowest BCUT2D eigenvalue weighted by Gasteiger charge is -2.33. The zero-order valence-corrected chi connectivity index (χ0v) is 18.4. The molecule has 0 bridgehead atoms. The fourth-order valence-corrected chi connectivity index (χ4v) is 4.70. The summed E-state index contributed by atoms with van der Waals surface area (Å²) in [5, 5.41) is 13.0. The quantitative estimate of drug-likeness (QED) is 0.719. The highest BCUT2D eigenvalue weighted by molar-refractivity contribution is 5.89. The van der Waals surface area contributed by atoms with Crippen LogP contribution < -0.4 is 10.2 Å². The van der Waals surface area contributed by atoms with Crippen molar-refractivity contribution in [3.8, 4) is 6.07 Å². The van der Waals surface area contributed by atoms with Gasteiger partial charge in [0.05, 0.1) is 30.1 Å². The average Bonchev–Trinajstić information content (AvgIpc) is 2.84. The largest absolute Gasteiger partial charge is 0.469 e. The minimum absolute atomic E-state index is 0.111. The van der Waals surface area contributed by atoms with Gasteiger partial charge in [0.15, 0.2) is 11.7 Å². The van der Waals surface area contributed by atoms with Gasteiger partial charge in [-0.1, -0.05) is 31.4 Å². The van der Waals surface area contributed by atoms with Gasteiger partial charge in [-0.25, -0.2) is 9.97 Å². The van der Waals surface area contributed by atoms with Crippen molar-refractivity contribution in [2.75, 3.05) is 25.1 Å². The number of amides is 1. The predicted molar refractivity (Wildman–Crippen MR) is 120 cm³/mol. The van der Waals surface area contributed by atoms with Crippen molar-refractivity contribution in [1.29, 1.82) is 5.26 Å². The molecule has 0 unspecified atom stereocenters. The van der Waals surface area contributed by atoms with E-state index in [-0.39, 0.29) is 23.8 Å². The highest BCUT2D eigenvalue weighted by atomic mass is 16.5. The number of aromatic nitrogens is 2. The van der Waals surface area contributed by atoms with Crippen LogP contribution >= 0.6 is 0 Å². The molecular weight excluding hydrogens is 406 g/mol. The zero-order valence-electron chi connectivity index (χ0n) is 18.4. The van der Waals surface area contributed by atoms with E-state index in [1.807, 2.05) is 29.2 Å². The molecule has 1 amide bonds. The molecule has 1 saturated heterocycles. The molecule has 0 radical (unpaired) electrons. The lowest BCUT2D eigenvalue weighted by atomic mass is 9.94. The molecule has 2 aliphatic rings. The zero-order chi connectivity index (χ0) is 22.5. The van der Waals surface area contributed by atoms with Gasteiger partial charge in [0.1, 0.15) is 5.69 Å². The molecule has 168 valence electrons. The Morgan fingerprint density at radius 3 is 2.38 bits per heavy atom. The summed E-state index contributed by atoms with van der Waals surface area (Å²) >= 11 is 0. The number of nitrogens with zero attached hydrogens (tertiary/aromatic N) is 4. The first-order valence-electron chi connectivity index (χ1n) is 11.4. The smallest absolute Gasteiger partial charge is 0.308 e. The number of rotatable bonds is 5. The second kappa shape index (κ2) is 9.94. The summed E-state index contributed by atoms with van der Waals surface area (Å²) in [5.74, 6) is -1.14. The first-order valence-corrected chi connectivity index (χ1v) is 11.4. The van der Waals surface area contributed by atoms with Gasteiger partial charge in [-0.3, -0.25) is 9.59 Å². The number of hydrogen-bond acceptors (Lipinski definition) is 7. The number of carbonyl (C=O) groups excluding carboxylic acids is 2. The number of anilines is 1. The lowest BCUT2D eigenvalue weighted by Crippen LogP contribution is -2.41. The van der Waals surface area contributed by atoms with Crippen LogP contribution in [0.3, 0.4) is 0 Å². The second-order valence-corrected chi connectivity index (χ2v) is 8.61. The molecule has 0 spiro atoms. The average molecular weight is 436 g/mol. The maximum absolute atomic E-state index is 13.1. The summed E-state index contributed by atoms with van der Waals surface area (Å²) < 4.78 is 4.89. The Hall–Kier alpha value is -3.21. The number of carbonyl (C=O) groups is 2. The number of para-hydroxylation sites is 2. The van der Waals surface area contributed by atoms with Gasteiger partial charge in [-0.15, -0.1) is 0 Å². The van der Waals surface area contributed by atoms with Crippen molar-refractivity contribution in [3.63, 3.8) is 0 Å². The Morgan fingerprint density at radius 2 is 1.75 bits per heavy atom. The Labute approximate surface area is 188 Å². The van der Waals surface area contributed by atoms with Crippen LogP contribution in [0.1, 0.15) is 56.6 Å². The molecule has 2 aromatic rings.